The van der Waals surface area contributed by atoms with Gasteiger partial charge in [0, 0.05) is 17.1 Å². The van der Waals surface area contributed by atoms with Crippen LogP contribution in [0.1, 0.15) is 66.2 Å². The molecule has 1 saturated heterocycles. The maximum Gasteiger partial charge on any atom is 0.0170 e. The summed E-state index contributed by atoms with van der Waals surface area (Å²) < 4.78 is 0. The summed E-state index contributed by atoms with van der Waals surface area (Å²) in [6.45, 7) is 11.5. The Morgan fingerprint density at radius 1 is 1.00 bits per heavy atom. The number of piperidine rings is 1. The first-order valence-electron chi connectivity index (χ1n) is 7.97. The molecule has 0 spiro atoms. The Morgan fingerprint density at radius 3 is 2.05 bits per heavy atom. The smallest absolute Gasteiger partial charge is 0.0170 e. The molecule has 19 heavy (non-hydrogen) atoms. The van der Waals surface area contributed by atoms with Crippen molar-refractivity contribution < 1.29 is 0 Å². The third kappa shape index (κ3) is 5.05. The molecule has 0 aliphatic carbocycles. The van der Waals surface area contributed by atoms with Crippen LogP contribution < -0.4 is 11.1 Å². The zero-order chi connectivity index (χ0) is 14.5. The highest BCUT2D eigenvalue weighted by Crippen LogP contribution is 2.36. The molecule has 1 rings (SSSR count). The van der Waals surface area contributed by atoms with Gasteiger partial charge in [-0.3, -0.25) is 4.90 Å². The van der Waals surface area contributed by atoms with Gasteiger partial charge in [0.05, 0.1) is 0 Å². The highest BCUT2D eigenvalue weighted by atomic mass is 15.2. The molecule has 1 aliphatic heterocycles. The SMILES string of the molecule is CN1C(C)(C)CC(NCCCCCCN)CC1(C)C. The van der Waals surface area contributed by atoms with Crippen molar-refractivity contribution in [2.45, 2.75) is 83.3 Å². The maximum atomic E-state index is 5.51. The maximum absolute atomic E-state index is 5.51. The van der Waals surface area contributed by atoms with E-state index in [4.69, 9.17) is 5.73 Å². The minimum absolute atomic E-state index is 0.291. The normalized spacial score (nSPS) is 23.7. The first kappa shape index (κ1) is 16.9. The van der Waals surface area contributed by atoms with Gasteiger partial charge in [-0.15, -0.1) is 0 Å². The molecule has 3 N–H and O–H groups in total. The second-order valence-corrected chi connectivity index (χ2v) is 7.45. The third-order valence-electron chi connectivity index (χ3n) is 4.87. The van der Waals surface area contributed by atoms with E-state index >= 15 is 0 Å². The molecule has 0 bridgehead atoms. The Balaban J connectivity index is 2.31. The van der Waals surface area contributed by atoms with Crippen molar-refractivity contribution in [1.29, 1.82) is 0 Å². The van der Waals surface area contributed by atoms with Crippen molar-refractivity contribution in [2.24, 2.45) is 5.73 Å². The number of hydrogen-bond acceptors (Lipinski definition) is 3. The number of rotatable bonds is 7. The van der Waals surface area contributed by atoms with E-state index in [1.54, 1.807) is 0 Å². The molecule has 0 atom stereocenters. The molecule has 3 nitrogen and oxygen atoms in total. The van der Waals surface area contributed by atoms with E-state index in [0.717, 1.165) is 13.1 Å². The Labute approximate surface area is 120 Å². The van der Waals surface area contributed by atoms with Gasteiger partial charge in [-0.2, -0.15) is 0 Å². The lowest BCUT2D eigenvalue weighted by Gasteiger charge is -2.53. The molecule has 0 aromatic rings. The predicted molar refractivity (Wildman–Crippen MR) is 84.5 cm³/mol. The van der Waals surface area contributed by atoms with E-state index < -0.39 is 0 Å². The average molecular weight is 269 g/mol. The predicted octanol–water partition coefficient (Wildman–Crippen LogP) is 2.75. The fourth-order valence-electron chi connectivity index (χ4n) is 3.44. The minimum Gasteiger partial charge on any atom is -0.330 e. The topological polar surface area (TPSA) is 41.3 Å². The first-order chi connectivity index (χ1) is 8.79. The number of unbranched alkanes of at least 4 members (excludes halogenated alkanes) is 3. The van der Waals surface area contributed by atoms with Crippen LogP contribution in [-0.2, 0) is 0 Å². The van der Waals surface area contributed by atoms with Gasteiger partial charge in [0.1, 0.15) is 0 Å². The molecular weight excluding hydrogens is 234 g/mol. The highest BCUT2D eigenvalue weighted by molar-refractivity contribution is 5.00. The van der Waals surface area contributed by atoms with Crippen LogP contribution in [-0.4, -0.2) is 42.2 Å². The van der Waals surface area contributed by atoms with Crippen LogP contribution in [0.15, 0.2) is 0 Å². The summed E-state index contributed by atoms with van der Waals surface area (Å²) in [5.74, 6) is 0. The summed E-state index contributed by atoms with van der Waals surface area (Å²) in [4.78, 5) is 2.54. The van der Waals surface area contributed by atoms with E-state index in [1.807, 2.05) is 0 Å². The van der Waals surface area contributed by atoms with Crippen LogP contribution >= 0.6 is 0 Å². The summed E-state index contributed by atoms with van der Waals surface area (Å²) >= 11 is 0. The fraction of sp³-hybridized carbons (Fsp3) is 1.00. The first-order valence-corrected chi connectivity index (χ1v) is 7.97. The van der Waals surface area contributed by atoms with Crippen molar-refractivity contribution in [1.82, 2.24) is 10.2 Å². The monoisotopic (exact) mass is 269 g/mol. The van der Waals surface area contributed by atoms with Crippen molar-refractivity contribution in [3.8, 4) is 0 Å². The van der Waals surface area contributed by atoms with Crippen LogP contribution in [0.5, 0.6) is 0 Å². The van der Waals surface area contributed by atoms with Gasteiger partial charge in [0.2, 0.25) is 0 Å². The number of likely N-dealkylation sites (tertiary alicyclic amines) is 1. The summed E-state index contributed by atoms with van der Waals surface area (Å²) in [6, 6.07) is 0.663. The number of nitrogens with one attached hydrogen (secondary N) is 1. The molecule has 114 valence electrons. The molecule has 0 aromatic heterocycles. The molecule has 0 amide bonds. The summed E-state index contributed by atoms with van der Waals surface area (Å²) in [7, 11) is 2.27. The van der Waals surface area contributed by atoms with Gasteiger partial charge < -0.3 is 11.1 Å². The van der Waals surface area contributed by atoms with Crippen LogP contribution in [0.3, 0.4) is 0 Å². The molecule has 1 aliphatic rings. The Kier molecular flexibility index (Phi) is 6.28. The molecule has 0 aromatic carbocycles. The summed E-state index contributed by atoms with van der Waals surface area (Å²) in [6.07, 6.45) is 7.54. The van der Waals surface area contributed by atoms with E-state index in [1.165, 1.54) is 38.5 Å². The van der Waals surface area contributed by atoms with Gasteiger partial charge >= 0.3 is 0 Å². The summed E-state index contributed by atoms with van der Waals surface area (Å²) in [5.41, 5.74) is 6.09. The van der Waals surface area contributed by atoms with Gasteiger partial charge in [0.15, 0.2) is 0 Å². The lowest BCUT2D eigenvalue weighted by atomic mass is 9.77. The molecule has 0 saturated carbocycles. The van der Waals surface area contributed by atoms with E-state index in [0.29, 0.717) is 17.1 Å². The molecule has 1 heterocycles. The van der Waals surface area contributed by atoms with E-state index in [-0.39, 0.29) is 0 Å². The largest absolute Gasteiger partial charge is 0.330 e. The number of nitrogens with two attached hydrogens (primary N) is 1. The molecule has 1 fully saturated rings. The van der Waals surface area contributed by atoms with Crippen LogP contribution in [0.2, 0.25) is 0 Å². The van der Waals surface area contributed by atoms with Crippen LogP contribution in [0.4, 0.5) is 0 Å². The van der Waals surface area contributed by atoms with Gasteiger partial charge in [0.25, 0.3) is 0 Å². The van der Waals surface area contributed by atoms with Crippen LogP contribution in [0, 0.1) is 0 Å². The molecule has 3 heteroatoms. The highest BCUT2D eigenvalue weighted by Gasteiger charge is 2.42. The van der Waals surface area contributed by atoms with Gasteiger partial charge in [-0.05, 0) is 73.5 Å². The second kappa shape index (κ2) is 7.05. The number of hydrogen-bond donors (Lipinski definition) is 2. The Morgan fingerprint density at radius 2 is 1.53 bits per heavy atom. The standard InChI is InChI=1S/C16H35N3/c1-15(2)12-14(13-16(3,4)19(15)5)18-11-9-7-6-8-10-17/h14,18H,6-13,17H2,1-5H3. The lowest BCUT2D eigenvalue weighted by Crippen LogP contribution is -2.62. The minimum atomic E-state index is 0.291. The zero-order valence-electron chi connectivity index (χ0n) is 13.8. The molecular formula is C16H35N3. The quantitative estimate of drug-likeness (QED) is 0.698. The molecule has 0 radical (unpaired) electrons. The Hall–Kier alpha value is -0.120. The summed E-state index contributed by atoms with van der Waals surface area (Å²) in [5, 5.41) is 3.77. The lowest BCUT2D eigenvalue weighted by molar-refractivity contribution is -0.0180. The van der Waals surface area contributed by atoms with Crippen molar-refractivity contribution in [3.05, 3.63) is 0 Å². The van der Waals surface area contributed by atoms with Crippen molar-refractivity contribution in [3.63, 3.8) is 0 Å². The van der Waals surface area contributed by atoms with Crippen molar-refractivity contribution >= 4 is 0 Å². The van der Waals surface area contributed by atoms with Gasteiger partial charge in [-0.25, -0.2) is 0 Å². The van der Waals surface area contributed by atoms with E-state index in [9.17, 15) is 0 Å². The van der Waals surface area contributed by atoms with Gasteiger partial charge in [-0.1, -0.05) is 12.8 Å². The van der Waals surface area contributed by atoms with E-state index in [2.05, 4.69) is 45.0 Å². The molecule has 0 unspecified atom stereocenters. The fourth-order valence-corrected chi connectivity index (χ4v) is 3.44. The third-order valence-corrected chi connectivity index (χ3v) is 4.87. The second-order valence-electron chi connectivity index (χ2n) is 7.45. The van der Waals surface area contributed by atoms with Crippen LogP contribution in [0.25, 0.3) is 0 Å². The number of nitrogens with zero attached hydrogens (tertiary/aromatic N) is 1. The zero-order valence-corrected chi connectivity index (χ0v) is 13.8. The Bertz CT molecular complexity index is 243. The van der Waals surface area contributed by atoms with Crippen molar-refractivity contribution in [2.75, 3.05) is 20.1 Å². The average Bonchev–Trinajstić information content (AvgIpc) is 2.30.